The molecule has 2 rings (SSSR count). The molecule has 0 radical (unpaired) electrons. The van der Waals surface area contributed by atoms with Gasteiger partial charge in [-0.05, 0) is 88.6 Å². The molecular weight excluding hydrogens is 464 g/mol. The Morgan fingerprint density at radius 1 is 0.971 bits per heavy atom. The second-order valence-electron chi connectivity index (χ2n) is 9.38. The van der Waals surface area contributed by atoms with E-state index in [1.165, 1.54) is 0 Å². The van der Waals surface area contributed by atoms with Gasteiger partial charge in [-0.25, -0.2) is 0 Å². The fourth-order valence-electron chi connectivity index (χ4n) is 3.49. The zero-order valence-corrected chi connectivity index (χ0v) is 21.7. The summed E-state index contributed by atoms with van der Waals surface area (Å²) in [5.41, 5.74) is 0.587. The molecule has 0 aromatic heterocycles. The summed E-state index contributed by atoms with van der Waals surface area (Å²) < 4.78 is 5.92. The van der Waals surface area contributed by atoms with Crippen LogP contribution in [0.4, 0.5) is 0 Å². The molecule has 0 spiro atoms. The van der Waals surface area contributed by atoms with E-state index in [2.05, 4.69) is 5.32 Å². The van der Waals surface area contributed by atoms with Gasteiger partial charge < -0.3 is 15.5 Å². The molecule has 2 aromatic carbocycles. The minimum atomic E-state index is -1.12. The van der Waals surface area contributed by atoms with Crippen LogP contribution in [0.3, 0.4) is 0 Å². The lowest BCUT2D eigenvalue weighted by Gasteiger charge is -2.26. The van der Waals surface area contributed by atoms with E-state index in [1.54, 1.807) is 76.2 Å². The van der Waals surface area contributed by atoms with Crippen LogP contribution < -0.4 is 10.1 Å². The third-order valence-electron chi connectivity index (χ3n) is 5.73. The van der Waals surface area contributed by atoms with Crippen molar-refractivity contribution in [3.63, 3.8) is 0 Å². The molecule has 0 aliphatic carbocycles. The van der Waals surface area contributed by atoms with E-state index in [0.29, 0.717) is 34.2 Å². The summed E-state index contributed by atoms with van der Waals surface area (Å²) in [6.07, 6.45) is 3.61. The maximum Gasteiger partial charge on any atom is 0.223 e. The van der Waals surface area contributed by atoms with Crippen LogP contribution in [0, 0.1) is 11.3 Å². The van der Waals surface area contributed by atoms with Gasteiger partial charge in [0.2, 0.25) is 5.91 Å². The Labute approximate surface area is 212 Å². The van der Waals surface area contributed by atoms with Crippen LogP contribution >= 0.6 is 11.6 Å². The van der Waals surface area contributed by atoms with Crippen molar-refractivity contribution in [2.45, 2.75) is 65.4 Å². The number of benzene rings is 2. The van der Waals surface area contributed by atoms with Crippen molar-refractivity contribution in [2.75, 3.05) is 6.54 Å². The van der Waals surface area contributed by atoms with Crippen LogP contribution in [0.1, 0.15) is 75.7 Å². The number of ketones is 2. The van der Waals surface area contributed by atoms with E-state index >= 15 is 0 Å². The Hall–Kier alpha value is -2.99. The highest BCUT2D eigenvalue weighted by Crippen LogP contribution is 2.23. The second-order valence-corrected chi connectivity index (χ2v) is 9.82. The molecule has 0 saturated carbocycles. The zero-order valence-electron chi connectivity index (χ0n) is 20.9. The largest absolute Gasteiger partial charge is 0.480 e. The third-order valence-corrected chi connectivity index (χ3v) is 5.99. The van der Waals surface area contributed by atoms with Crippen LogP contribution in [-0.2, 0) is 9.59 Å². The van der Waals surface area contributed by atoms with E-state index in [9.17, 15) is 14.4 Å². The van der Waals surface area contributed by atoms with Crippen LogP contribution in [-0.4, -0.2) is 35.3 Å². The molecule has 2 aromatic rings. The van der Waals surface area contributed by atoms with Crippen LogP contribution in [0.15, 0.2) is 48.5 Å². The van der Waals surface area contributed by atoms with Gasteiger partial charge in [-0.3, -0.25) is 14.4 Å². The average molecular weight is 499 g/mol. The van der Waals surface area contributed by atoms with Gasteiger partial charge in [0.15, 0.2) is 17.2 Å². The lowest BCUT2D eigenvalue weighted by Crippen LogP contribution is -2.41. The van der Waals surface area contributed by atoms with Gasteiger partial charge in [0, 0.05) is 40.7 Å². The monoisotopic (exact) mass is 498 g/mol. The Bertz CT molecular complexity index is 1030. The van der Waals surface area contributed by atoms with Crippen molar-refractivity contribution in [3.05, 3.63) is 64.7 Å². The molecule has 6 nitrogen and oxygen atoms in total. The fourth-order valence-corrected chi connectivity index (χ4v) is 3.61. The highest BCUT2D eigenvalue weighted by atomic mass is 35.5. The second kappa shape index (κ2) is 13.2. The number of carbonyl (C=O) groups excluding carboxylic acids is 3. The highest BCUT2D eigenvalue weighted by Gasteiger charge is 2.32. The topological polar surface area (TPSA) is 96.3 Å². The van der Waals surface area contributed by atoms with E-state index in [1.807, 2.05) is 0 Å². The number of halogens is 1. The lowest BCUT2D eigenvalue weighted by molar-refractivity contribution is -0.136. The molecule has 1 amide bonds. The van der Waals surface area contributed by atoms with Crippen molar-refractivity contribution in [1.29, 1.82) is 5.41 Å². The summed E-state index contributed by atoms with van der Waals surface area (Å²) in [4.78, 5) is 37.8. The number of Topliss-reactive ketones (excluding diaryl/α,β-unsaturated/α-hetero) is 1. The minimum Gasteiger partial charge on any atom is -0.480 e. The van der Waals surface area contributed by atoms with Gasteiger partial charge in [-0.1, -0.05) is 24.9 Å². The normalized spacial score (nSPS) is 12.0. The first kappa shape index (κ1) is 28.2. The maximum atomic E-state index is 12.9. The van der Waals surface area contributed by atoms with Crippen molar-refractivity contribution in [3.8, 4) is 5.75 Å². The van der Waals surface area contributed by atoms with Gasteiger partial charge in [-0.15, -0.1) is 0 Å². The molecule has 0 aliphatic heterocycles. The Balaban J connectivity index is 1.85. The third kappa shape index (κ3) is 9.29. The van der Waals surface area contributed by atoms with Crippen molar-refractivity contribution in [2.24, 2.45) is 5.92 Å². The molecule has 2 N–H and O–H groups in total. The van der Waals surface area contributed by atoms with Crippen LogP contribution in [0.5, 0.6) is 5.75 Å². The first-order valence-corrected chi connectivity index (χ1v) is 12.3. The van der Waals surface area contributed by atoms with E-state index < -0.39 is 11.5 Å². The highest BCUT2D eigenvalue weighted by molar-refractivity contribution is 6.30. The zero-order chi connectivity index (χ0) is 26.0. The molecule has 35 heavy (non-hydrogen) atoms. The Morgan fingerprint density at radius 2 is 1.54 bits per heavy atom. The summed E-state index contributed by atoms with van der Waals surface area (Å²) in [5, 5.41) is 10.9. The number of hydrogen-bond acceptors (Lipinski definition) is 5. The summed E-state index contributed by atoms with van der Waals surface area (Å²) in [7, 11) is 0. The summed E-state index contributed by atoms with van der Waals surface area (Å²) >= 11 is 5.88. The first-order chi connectivity index (χ1) is 16.5. The Kier molecular flexibility index (Phi) is 10.6. The SMILES string of the molecule is CC(=N)CCCCCNC(=O)[C@H](C)CC(=O)C(C)(C)Oc1ccc(C(=O)c2ccc(Cl)cc2)cc1. The molecule has 0 unspecified atom stereocenters. The summed E-state index contributed by atoms with van der Waals surface area (Å²) in [6.45, 7) is 7.45. The number of hydrogen-bond donors (Lipinski definition) is 2. The number of amides is 1. The van der Waals surface area contributed by atoms with Gasteiger partial charge >= 0.3 is 0 Å². The molecule has 0 fully saturated rings. The number of ether oxygens (including phenoxy) is 1. The van der Waals surface area contributed by atoms with E-state index in [0.717, 1.165) is 25.7 Å². The van der Waals surface area contributed by atoms with Crippen molar-refractivity contribution in [1.82, 2.24) is 5.32 Å². The lowest BCUT2D eigenvalue weighted by atomic mass is 9.93. The Morgan fingerprint density at radius 3 is 2.11 bits per heavy atom. The summed E-state index contributed by atoms with van der Waals surface area (Å²) in [6, 6.07) is 13.3. The smallest absolute Gasteiger partial charge is 0.223 e. The average Bonchev–Trinajstić information content (AvgIpc) is 2.81. The molecule has 0 saturated heterocycles. The minimum absolute atomic E-state index is 0.0684. The van der Waals surface area contributed by atoms with Gasteiger partial charge in [0.05, 0.1) is 0 Å². The first-order valence-electron chi connectivity index (χ1n) is 11.9. The molecule has 0 aliphatic rings. The molecule has 1 atom stereocenters. The number of nitrogens with one attached hydrogen (secondary N) is 2. The number of carbonyl (C=O) groups is 3. The quantitative estimate of drug-likeness (QED) is 0.188. The fraction of sp³-hybridized carbons (Fsp3) is 0.429. The maximum absolute atomic E-state index is 12.9. The molecule has 188 valence electrons. The van der Waals surface area contributed by atoms with Gasteiger partial charge in [-0.2, -0.15) is 0 Å². The molecule has 0 bridgehead atoms. The number of unbranched alkanes of at least 4 members (excludes halogenated alkanes) is 2. The van der Waals surface area contributed by atoms with Gasteiger partial charge in [0.1, 0.15) is 5.75 Å². The predicted molar refractivity (Wildman–Crippen MR) is 140 cm³/mol. The van der Waals surface area contributed by atoms with Crippen LogP contribution in [0.2, 0.25) is 5.02 Å². The molecule has 7 heteroatoms. The van der Waals surface area contributed by atoms with E-state index in [-0.39, 0.29) is 23.9 Å². The standard InChI is InChI=1S/C28H35ClN2O4/c1-19(27(34)31-17-7-5-6-8-20(2)30)18-25(32)28(3,4)35-24-15-11-22(12-16-24)26(33)21-9-13-23(29)14-10-21/h9-16,19,30H,5-8,17-18H2,1-4H3,(H,31,34)/t19-/m1/s1. The summed E-state index contributed by atoms with van der Waals surface area (Å²) in [5.74, 6) is -0.458. The van der Waals surface area contributed by atoms with E-state index in [4.69, 9.17) is 21.7 Å². The number of rotatable bonds is 14. The molecule has 0 heterocycles. The molecular formula is C28H35ClN2O4. The predicted octanol–water partition coefficient (Wildman–Crippen LogP) is 6.04. The van der Waals surface area contributed by atoms with Crippen molar-refractivity contribution < 1.29 is 19.1 Å². The van der Waals surface area contributed by atoms with Crippen LogP contribution in [0.25, 0.3) is 0 Å². The van der Waals surface area contributed by atoms with Gasteiger partial charge in [0.25, 0.3) is 0 Å². The van der Waals surface area contributed by atoms with Crippen molar-refractivity contribution >= 4 is 34.8 Å².